The molecule has 0 radical (unpaired) electrons. The highest BCUT2D eigenvalue weighted by Gasteiger charge is 2.25. The van der Waals surface area contributed by atoms with E-state index in [0.29, 0.717) is 19.6 Å². The molecule has 1 saturated heterocycles. The zero-order valence-electron chi connectivity index (χ0n) is 14.3. The zero-order chi connectivity index (χ0) is 19.0. The number of benzene rings is 1. The highest BCUT2D eigenvalue weighted by atomic mass is 19.1. The van der Waals surface area contributed by atoms with Crippen LogP contribution in [0.4, 0.5) is 10.2 Å². The van der Waals surface area contributed by atoms with Gasteiger partial charge in [-0.25, -0.2) is 14.2 Å². The number of fused-ring (bicyclic) bond motifs is 1. The van der Waals surface area contributed by atoms with Gasteiger partial charge < -0.3 is 20.3 Å². The van der Waals surface area contributed by atoms with E-state index in [-0.39, 0.29) is 22.9 Å². The SMILES string of the molecule is O=C(O)c1c[nH]c2nc(N3CCNC(c4ccccc4)C3)c(F)cc2c1=O. The second-order valence-corrected chi connectivity index (χ2v) is 6.39. The summed E-state index contributed by atoms with van der Waals surface area (Å²) in [6, 6.07) is 11.0. The van der Waals surface area contributed by atoms with Gasteiger partial charge in [0.15, 0.2) is 11.6 Å². The Morgan fingerprint density at radius 2 is 2.07 bits per heavy atom. The number of aromatic nitrogens is 2. The van der Waals surface area contributed by atoms with E-state index in [1.54, 1.807) is 0 Å². The van der Waals surface area contributed by atoms with E-state index < -0.39 is 22.8 Å². The lowest BCUT2D eigenvalue weighted by molar-refractivity contribution is 0.0695. The third-order valence-corrected chi connectivity index (χ3v) is 4.71. The first kappa shape index (κ1) is 17.2. The van der Waals surface area contributed by atoms with Gasteiger partial charge in [-0.1, -0.05) is 30.3 Å². The van der Waals surface area contributed by atoms with Crippen LogP contribution in [0.25, 0.3) is 11.0 Å². The number of anilines is 1. The molecule has 1 fully saturated rings. The van der Waals surface area contributed by atoms with Gasteiger partial charge in [-0.15, -0.1) is 0 Å². The fourth-order valence-corrected chi connectivity index (χ4v) is 3.34. The van der Waals surface area contributed by atoms with Gasteiger partial charge in [-0.3, -0.25) is 4.79 Å². The number of carbonyl (C=O) groups is 1. The Labute approximate surface area is 153 Å². The van der Waals surface area contributed by atoms with Crippen LogP contribution in [-0.4, -0.2) is 40.7 Å². The van der Waals surface area contributed by atoms with Gasteiger partial charge in [0.05, 0.1) is 5.39 Å². The lowest BCUT2D eigenvalue weighted by Gasteiger charge is -2.35. The molecule has 138 valence electrons. The number of aromatic carboxylic acids is 1. The van der Waals surface area contributed by atoms with Crippen molar-refractivity contribution in [2.45, 2.75) is 6.04 Å². The molecule has 2 aromatic heterocycles. The largest absolute Gasteiger partial charge is 0.477 e. The second kappa shape index (κ2) is 6.81. The smallest absolute Gasteiger partial charge is 0.341 e. The van der Waals surface area contributed by atoms with E-state index in [4.69, 9.17) is 5.11 Å². The molecular weight excluding hydrogens is 351 g/mol. The molecule has 0 amide bonds. The Hall–Kier alpha value is -3.26. The van der Waals surface area contributed by atoms with E-state index >= 15 is 0 Å². The molecule has 3 heterocycles. The van der Waals surface area contributed by atoms with E-state index in [1.807, 2.05) is 35.2 Å². The molecule has 1 aliphatic rings. The normalized spacial score (nSPS) is 17.2. The van der Waals surface area contributed by atoms with Crippen molar-refractivity contribution in [2.24, 2.45) is 0 Å². The van der Waals surface area contributed by atoms with Crippen LogP contribution in [0.5, 0.6) is 0 Å². The van der Waals surface area contributed by atoms with E-state index in [0.717, 1.165) is 17.8 Å². The lowest BCUT2D eigenvalue weighted by Crippen LogP contribution is -2.46. The summed E-state index contributed by atoms with van der Waals surface area (Å²) < 4.78 is 14.7. The Balaban J connectivity index is 1.71. The number of H-pyrrole nitrogens is 1. The molecule has 1 atom stereocenters. The molecule has 7 nitrogen and oxygen atoms in total. The summed E-state index contributed by atoms with van der Waals surface area (Å²) in [5.74, 6) is -1.87. The number of hydrogen-bond donors (Lipinski definition) is 3. The van der Waals surface area contributed by atoms with E-state index in [9.17, 15) is 14.0 Å². The molecule has 0 aliphatic carbocycles. The standard InChI is InChI=1S/C19H17FN4O3/c20-14-8-12-16(25)13(19(26)27)9-22-17(12)23-18(14)24-7-6-21-15(10-24)11-4-2-1-3-5-11/h1-5,8-9,15,21H,6-7,10H2,(H,26,27)(H,22,23,25). The van der Waals surface area contributed by atoms with Gasteiger partial charge in [-0.05, 0) is 11.6 Å². The van der Waals surface area contributed by atoms with Crippen LogP contribution in [-0.2, 0) is 0 Å². The second-order valence-electron chi connectivity index (χ2n) is 6.39. The van der Waals surface area contributed by atoms with Crippen LogP contribution in [0, 0.1) is 5.82 Å². The molecule has 4 rings (SSSR count). The number of rotatable bonds is 3. The monoisotopic (exact) mass is 368 g/mol. The first-order chi connectivity index (χ1) is 13.0. The molecule has 1 aliphatic heterocycles. The van der Waals surface area contributed by atoms with Crippen LogP contribution in [0.15, 0.2) is 47.4 Å². The molecule has 1 aromatic carbocycles. The highest BCUT2D eigenvalue weighted by molar-refractivity contribution is 5.91. The fraction of sp³-hybridized carbons (Fsp3) is 0.211. The van der Waals surface area contributed by atoms with Crippen molar-refractivity contribution in [3.63, 3.8) is 0 Å². The van der Waals surface area contributed by atoms with Crippen molar-refractivity contribution in [3.8, 4) is 0 Å². The van der Waals surface area contributed by atoms with Gasteiger partial charge in [0.2, 0.25) is 5.43 Å². The number of halogens is 1. The Morgan fingerprint density at radius 1 is 1.30 bits per heavy atom. The topological polar surface area (TPSA) is 98.3 Å². The quantitative estimate of drug-likeness (QED) is 0.653. The summed E-state index contributed by atoms with van der Waals surface area (Å²) in [4.78, 5) is 32.1. The van der Waals surface area contributed by atoms with Gasteiger partial charge in [0, 0.05) is 31.9 Å². The molecular formula is C19H17FN4O3. The van der Waals surface area contributed by atoms with E-state index in [1.165, 1.54) is 0 Å². The Bertz CT molecular complexity index is 1070. The number of nitrogens with zero attached hydrogens (tertiary/aromatic N) is 2. The molecule has 0 saturated carbocycles. The fourth-order valence-electron chi connectivity index (χ4n) is 3.34. The number of carboxylic acids is 1. The maximum absolute atomic E-state index is 14.7. The molecule has 8 heteroatoms. The summed E-state index contributed by atoms with van der Waals surface area (Å²) in [7, 11) is 0. The molecule has 0 spiro atoms. The number of aromatic amines is 1. The zero-order valence-corrected chi connectivity index (χ0v) is 14.3. The third kappa shape index (κ3) is 3.15. The Kier molecular flexibility index (Phi) is 4.33. The van der Waals surface area contributed by atoms with Crippen LogP contribution in [0.2, 0.25) is 0 Å². The first-order valence-electron chi connectivity index (χ1n) is 8.53. The number of hydrogen-bond acceptors (Lipinski definition) is 5. The van der Waals surface area contributed by atoms with Crippen molar-refractivity contribution in [1.29, 1.82) is 0 Å². The van der Waals surface area contributed by atoms with Crippen molar-refractivity contribution < 1.29 is 14.3 Å². The summed E-state index contributed by atoms with van der Waals surface area (Å²) >= 11 is 0. The van der Waals surface area contributed by atoms with Gasteiger partial charge in [0.25, 0.3) is 0 Å². The maximum atomic E-state index is 14.7. The summed E-state index contributed by atoms with van der Waals surface area (Å²) in [5, 5.41) is 12.4. The minimum Gasteiger partial charge on any atom is -0.477 e. The van der Waals surface area contributed by atoms with Crippen molar-refractivity contribution in [3.05, 3.63) is 69.8 Å². The predicted molar refractivity (Wildman–Crippen MR) is 98.7 cm³/mol. The van der Waals surface area contributed by atoms with Crippen LogP contribution < -0.4 is 15.6 Å². The minimum atomic E-state index is -1.37. The van der Waals surface area contributed by atoms with Crippen molar-refractivity contribution in [2.75, 3.05) is 24.5 Å². The maximum Gasteiger partial charge on any atom is 0.341 e. The molecule has 3 N–H and O–H groups in total. The average Bonchev–Trinajstić information content (AvgIpc) is 2.69. The lowest BCUT2D eigenvalue weighted by atomic mass is 10.0. The first-order valence-corrected chi connectivity index (χ1v) is 8.53. The number of carboxylic acid groups (broad SMARTS) is 1. The average molecular weight is 368 g/mol. The van der Waals surface area contributed by atoms with Crippen molar-refractivity contribution in [1.82, 2.24) is 15.3 Å². The van der Waals surface area contributed by atoms with Crippen LogP contribution in [0.1, 0.15) is 22.0 Å². The van der Waals surface area contributed by atoms with Gasteiger partial charge >= 0.3 is 5.97 Å². The summed E-state index contributed by atoms with van der Waals surface area (Å²) in [6.45, 7) is 1.75. The van der Waals surface area contributed by atoms with Gasteiger partial charge in [0.1, 0.15) is 11.2 Å². The summed E-state index contributed by atoms with van der Waals surface area (Å²) in [6.07, 6.45) is 1.09. The third-order valence-electron chi connectivity index (χ3n) is 4.71. The number of pyridine rings is 2. The number of piperazine rings is 1. The molecule has 27 heavy (non-hydrogen) atoms. The van der Waals surface area contributed by atoms with Gasteiger partial charge in [-0.2, -0.15) is 0 Å². The predicted octanol–water partition coefficient (Wildman–Crippen LogP) is 1.91. The minimum absolute atomic E-state index is 0.0327. The number of nitrogens with one attached hydrogen (secondary N) is 2. The Morgan fingerprint density at radius 3 is 2.81 bits per heavy atom. The summed E-state index contributed by atoms with van der Waals surface area (Å²) in [5.41, 5.74) is 0.0681. The van der Waals surface area contributed by atoms with Crippen LogP contribution >= 0.6 is 0 Å². The van der Waals surface area contributed by atoms with E-state index in [2.05, 4.69) is 15.3 Å². The van der Waals surface area contributed by atoms with Crippen LogP contribution in [0.3, 0.4) is 0 Å². The molecule has 0 bridgehead atoms. The highest BCUT2D eigenvalue weighted by Crippen LogP contribution is 2.25. The molecule has 1 unspecified atom stereocenters. The molecule has 3 aromatic rings. The van der Waals surface area contributed by atoms with Crippen molar-refractivity contribution >= 4 is 22.8 Å².